The maximum Gasteiger partial charge on any atom is 0.494 e. The molecule has 0 aliphatic carbocycles. The summed E-state index contributed by atoms with van der Waals surface area (Å²) in [6, 6.07) is 27.6. The van der Waals surface area contributed by atoms with Gasteiger partial charge < -0.3 is 13.7 Å². The van der Waals surface area contributed by atoms with Crippen LogP contribution >= 0.6 is 0 Å². The zero-order valence-electron chi connectivity index (χ0n) is 18.8. The predicted molar refractivity (Wildman–Crippen MR) is 132 cm³/mol. The van der Waals surface area contributed by atoms with Gasteiger partial charge in [0.2, 0.25) is 0 Å². The smallest absolute Gasteiger partial charge is 0.456 e. The van der Waals surface area contributed by atoms with E-state index in [-0.39, 0.29) is 18.3 Å². The van der Waals surface area contributed by atoms with Gasteiger partial charge in [-0.05, 0) is 79.3 Å². The summed E-state index contributed by atoms with van der Waals surface area (Å²) in [5, 5.41) is 4.68. The molecule has 1 aliphatic rings. The SMILES string of the molecule is CC1(C)OB(c2cccc(-c3ccc4oc5cc6ccccc6cc5c4c3)c2)OC1(C)C. The molecule has 158 valence electrons. The Morgan fingerprint density at radius 1 is 0.594 bits per heavy atom. The van der Waals surface area contributed by atoms with Crippen molar-refractivity contribution >= 4 is 45.3 Å². The van der Waals surface area contributed by atoms with Gasteiger partial charge in [-0.25, -0.2) is 0 Å². The highest BCUT2D eigenvalue weighted by molar-refractivity contribution is 6.62. The Labute approximate surface area is 188 Å². The predicted octanol–water partition coefficient (Wildman–Crippen LogP) is 6.71. The largest absolute Gasteiger partial charge is 0.494 e. The molecule has 6 rings (SSSR count). The highest BCUT2D eigenvalue weighted by Crippen LogP contribution is 2.37. The molecule has 2 heterocycles. The van der Waals surface area contributed by atoms with Crippen molar-refractivity contribution in [2.45, 2.75) is 38.9 Å². The number of fused-ring (bicyclic) bond motifs is 4. The molecule has 1 fully saturated rings. The van der Waals surface area contributed by atoms with E-state index in [0.717, 1.165) is 38.5 Å². The van der Waals surface area contributed by atoms with E-state index in [4.69, 9.17) is 13.7 Å². The summed E-state index contributed by atoms with van der Waals surface area (Å²) in [5.74, 6) is 0. The molecule has 1 aromatic heterocycles. The molecule has 0 spiro atoms. The Morgan fingerprint density at radius 2 is 1.25 bits per heavy atom. The molecule has 0 atom stereocenters. The lowest BCUT2D eigenvalue weighted by Crippen LogP contribution is -2.41. The molecule has 32 heavy (non-hydrogen) atoms. The van der Waals surface area contributed by atoms with Gasteiger partial charge in [0, 0.05) is 10.8 Å². The first-order chi connectivity index (χ1) is 15.3. The van der Waals surface area contributed by atoms with Gasteiger partial charge in [-0.15, -0.1) is 0 Å². The first-order valence-corrected chi connectivity index (χ1v) is 11.1. The van der Waals surface area contributed by atoms with Crippen molar-refractivity contribution in [2.75, 3.05) is 0 Å². The van der Waals surface area contributed by atoms with Crippen molar-refractivity contribution in [3.05, 3.63) is 78.9 Å². The van der Waals surface area contributed by atoms with Gasteiger partial charge in [-0.2, -0.15) is 0 Å². The first-order valence-electron chi connectivity index (χ1n) is 11.1. The standard InChI is InChI=1S/C28H25BO3/c1-27(2)28(3,4)32-29(31-27)22-11-7-10-18(14-22)21-12-13-25-23(16-21)24-15-19-8-5-6-9-20(19)17-26(24)30-25/h5-17H,1-4H3. The molecule has 0 N–H and O–H groups in total. The van der Waals surface area contributed by atoms with Crippen molar-refractivity contribution in [1.82, 2.24) is 0 Å². The van der Waals surface area contributed by atoms with Crippen LogP contribution in [0.3, 0.4) is 0 Å². The summed E-state index contributed by atoms with van der Waals surface area (Å²) >= 11 is 0. The topological polar surface area (TPSA) is 31.6 Å². The van der Waals surface area contributed by atoms with Crippen LogP contribution in [0, 0.1) is 0 Å². The average molecular weight is 420 g/mol. The van der Waals surface area contributed by atoms with Crippen LogP contribution in [0.2, 0.25) is 0 Å². The average Bonchev–Trinajstić information content (AvgIpc) is 3.24. The number of benzene rings is 4. The van der Waals surface area contributed by atoms with Crippen LogP contribution in [0.5, 0.6) is 0 Å². The second-order valence-corrected chi connectivity index (χ2v) is 9.72. The van der Waals surface area contributed by atoms with E-state index in [1.807, 2.05) is 0 Å². The molecule has 0 bridgehead atoms. The molecule has 0 radical (unpaired) electrons. The van der Waals surface area contributed by atoms with E-state index in [1.165, 1.54) is 10.8 Å². The lowest BCUT2D eigenvalue weighted by Gasteiger charge is -2.32. The van der Waals surface area contributed by atoms with Gasteiger partial charge >= 0.3 is 7.12 Å². The summed E-state index contributed by atoms with van der Waals surface area (Å²) in [6.07, 6.45) is 0. The Morgan fingerprint density at radius 3 is 2.00 bits per heavy atom. The number of rotatable bonds is 2. The Hall–Kier alpha value is -3.08. The summed E-state index contributed by atoms with van der Waals surface area (Å²) in [6.45, 7) is 8.33. The third kappa shape index (κ3) is 2.98. The van der Waals surface area contributed by atoms with Crippen molar-refractivity contribution in [2.24, 2.45) is 0 Å². The molecular formula is C28H25BO3. The minimum absolute atomic E-state index is 0.356. The van der Waals surface area contributed by atoms with Gasteiger partial charge in [-0.3, -0.25) is 0 Å². The van der Waals surface area contributed by atoms with Gasteiger partial charge in [0.25, 0.3) is 0 Å². The monoisotopic (exact) mass is 420 g/mol. The Kier molecular flexibility index (Phi) is 4.11. The van der Waals surface area contributed by atoms with E-state index in [9.17, 15) is 0 Å². The molecule has 4 aromatic carbocycles. The van der Waals surface area contributed by atoms with Gasteiger partial charge in [0.15, 0.2) is 0 Å². The molecule has 5 aromatic rings. The highest BCUT2D eigenvalue weighted by Gasteiger charge is 2.51. The van der Waals surface area contributed by atoms with Crippen LogP contribution in [-0.4, -0.2) is 18.3 Å². The first kappa shape index (κ1) is 19.6. The summed E-state index contributed by atoms with van der Waals surface area (Å²) in [7, 11) is -0.371. The number of hydrogen-bond acceptors (Lipinski definition) is 3. The van der Waals surface area contributed by atoms with Crippen molar-refractivity contribution < 1.29 is 13.7 Å². The van der Waals surface area contributed by atoms with Gasteiger partial charge in [-0.1, -0.05) is 54.6 Å². The third-order valence-corrected chi connectivity index (χ3v) is 7.08. The second-order valence-electron chi connectivity index (χ2n) is 9.72. The maximum atomic E-state index is 6.26. The molecule has 0 unspecified atom stereocenters. The molecular weight excluding hydrogens is 395 g/mol. The van der Waals surface area contributed by atoms with Gasteiger partial charge in [0.1, 0.15) is 11.2 Å². The third-order valence-electron chi connectivity index (χ3n) is 7.08. The van der Waals surface area contributed by atoms with Crippen LogP contribution in [0.25, 0.3) is 43.8 Å². The normalized spacial score (nSPS) is 17.6. The lowest BCUT2D eigenvalue weighted by molar-refractivity contribution is 0.00578. The van der Waals surface area contributed by atoms with E-state index in [2.05, 4.69) is 107 Å². The zero-order valence-corrected chi connectivity index (χ0v) is 18.8. The van der Waals surface area contributed by atoms with Crippen LogP contribution < -0.4 is 5.46 Å². The number of hydrogen-bond donors (Lipinski definition) is 0. The summed E-state index contributed by atoms with van der Waals surface area (Å²) < 4.78 is 18.7. The molecule has 4 heteroatoms. The van der Waals surface area contributed by atoms with E-state index in [0.29, 0.717) is 0 Å². The van der Waals surface area contributed by atoms with Crippen molar-refractivity contribution in [1.29, 1.82) is 0 Å². The minimum Gasteiger partial charge on any atom is -0.456 e. The quantitative estimate of drug-likeness (QED) is 0.298. The van der Waals surface area contributed by atoms with Gasteiger partial charge in [0.05, 0.1) is 11.2 Å². The zero-order chi connectivity index (χ0) is 22.1. The van der Waals surface area contributed by atoms with Crippen LogP contribution in [-0.2, 0) is 9.31 Å². The maximum absolute atomic E-state index is 6.26. The van der Waals surface area contributed by atoms with E-state index >= 15 is 0 Å². The fourth-order valence-corrected chi connectivity index (χ4v) is 4.49. The molecule has 1 aliphatic heterocycles. The fraction of sp³-hybridized carbons (Fsp3) is 0.214. The lowest BCUT2D eigenvalue weighted by atomic mass is 9.78. The molecule has 3 nitrogen and oxygen atoms in total. The van der Waals surface area contributed by atoms with E-state index in [1.54, 1.807) is 0 Å². The Bertz CT molecular complexity index is 1480. The van der Waals surface area contributed by atoms with Crippen LogP contribution in [0.1, 0.15) is 27.7 Å². The minimum atomic E-state index is -0.371. The fourth-order valence-electron chi connectivity index (χ4n) is 4.49. The summed E-state index contributed by atoms with van der Waals surface area (Å²) in [4.78, 5) is 0. The van der Waals surface area contributed by atoms with E-state index < -0.39 is 0 Å². The molecule has 1 saturated heterocycles. The second kappa shape index (κ2) is 6.71. The molecule has 0 amide bonds. The number of furan rings is 1. The molecule has 0 saturated carbocycles. The van der Waals surface area contributed by atoms with Crippen LogP contribution in [0.4, 0.5) is 0 Å². The van der Waals surface area contributed by atoms with Crippen LogP contribution in [0.15, 0.2) is 83.3 Å². The van der Waals surface area contributed by atoms with Crippen molar-refractivity contribution in [3.8, 4) is 11.1 Å². The highest BCUT2D eigenvalue weighted by atomic mass is 16.7. The Balaban J connectivity index is 1.44. The summed E-state index contributed by atoms with van der Waals surface area (Å²) in [5.41, 5.74) is 4.42. The van der Waals surface area contributed by atoms with Crippen molar-refractivity contribution in [3.63, 3.8) is 0 Å².